The molecule has 20 heavy (non-hydrogen) atoms. The Morgan fingerprint density at radius 1 is 1.20 bits per heavy atom. The molecule has 1 heterocycles. The fourth-order valence-electron chi connectivity index (χ4n) is 4.16. The molecule has 0 amide bonds. The minimum atomic E-state index is 0.629. The van der Waals surface area contributed by atoms with Gasteiger partial charge in [-0.1, -0.05) is 32.1 Å². The Kier molecular flexibility index (Phi) is 4.52. The lowest BCUT2D eigenvalue weighted by Crippen LogP contribution is -2.42. The number of aliphatic imine (C=N–C) groups is 1. The third kappa shape index (κ3) is 3.48. The van der Waals surface area contributed by atoms with Crippen LogP contribution >= 0.6 is 0 Å². The van der Waals surface area contributed by atoms with Crippen LogP contribution in [0.1, 0.15) is 64.2 Å². The highest BCUT2D eigenvalue weighted by atomic mass is 15.3. The molecule has 3 rings (SSSR count). The molecule has 0 aromatic carbocycles. The molecule has 0 bridgehead atoms. The monoisotopic (exact) mass is 277 g/mol. The maximum atomic E-state index is 4.51. The zero-order valence-corrected chi connectivity index (χ0v) is 13.2. The predicted octanol–water partition coefficient (Wildman–Crippen LogP) is 3.41. The van der Waals surface area contributed by atoms with Crippen molar-refractivity contribution in [3.8, 4) is 0 Å². The molecule has 0 aromatic rings. The van der Waals surface area contributed by atoms with Crippen molar-refractivity contribution in [1.82, 2.24) is 10.2 Å². The third-order valence-electron chi connectivity index (χ3n) is 5.63. The first-order chi connectivity index (χ1) is 9.81. The van der Waals surface area contributed by atoms with Gasteiger partial charge in [-0.2, -0.15) is 0 Å². The highest BCUT2D eigenvalue weighted by Crippen LogP contribution is 2.43. The van der Waals surface area contributed by atoms with Gasteiger partial charge in [0, 0.05) is 26.7 Å². The Bertz CT molecular complexity index is 340. The van der Waals surface area contributed by atoms with Crippen LogP contribution in [0.3, 0.4) is 0 Å². The van der Waals surface area contributed by atoms with Gasteiger partial charge in [-0.15, -0.1) is 0 Å². The average Bonchev–Trinajstić information content (AvgIpc) is 3.22. The van der Waals surface area contributed by atoms with Crippen molar-refractivity contribution in [2.24, 2.45) is 16.3 Å². The molecule has 0 unspecified atom stereocenters. The maximum Gasteiger partial charge on any atom is 0.193 e. The van der Waals surface area contributed by atoms with Crippen LogP contribution in [0, 0.1) is 11.3 Å². The van der Waals surface area contributed by atoms with Crippen LogP contribution in [0.5, 0.6) is 0 Å². The Balaban J connectivity index is 1.44. The van der Waals surface area contributed by atoms with Crippen LogP contribution in [0.25, 0.3) is 0 Å². The summed E-state index contributed by atoms with van der Waals surface area (Å²) in [5, 5.41) is 3.59. The van der Waals surface area contributed by atoms with Crippen LogP contribution in [-0.2, 0) is 0 Å². The van der Waals surface area contributed by atoms with Crippen molar-refractivity contribution < 1.29 is 0 Å². The number of nitrogens with one attached hydrogen (secondary N) is 1. The van der Waals surface area contributed by atoms with Crippen molar-refractivity contribution >= 4 is 5.96 Å². The molecular weight excluding hydrogens is 246 g/mol. The number of hydrogen-bond donors (Lipinski definition) is 1. The fraction of sp³-hybridized carbons (Fsp3) is 0.941. The van der Waals surface area contributed by atoms with Crippen LogP contribution in [0.2, 0.25) is 0 Å². The standard InChI is InChI=1S/C17H31N3/c1-18-16(19-12-5-6-15-7-8-15)20-13-11-17(14-20)9-3-2-4-10-17/h15H,2-14H2,1H3,(H,18,19). The summed E-state index contributed by atoms with van der Waals surface area (Å²) in [6, 6.07) is 0. The van der Waals surface area contributed by atoms with Gasteiger partial charge in [0.2, 0.25) is 0 Å². The van der Waals surface area contributed by atoms with E-state index in [1.165, 1.54) is 77.3 Å². The Morgan fingerprint density at radius 2 is 2.00 bits per heavy atom. The van der Waals surface area contributed by atoms with E-state index in [4.69, 9.17) is 0 Å². The Labute approximate surface area is 124 Å². The number of nitrogens with zero attached hydrogens (tertiary/aromatic N) is 2. The van der Waals surface area contributed by atoms with Crippen molar-refractivity contribution in [2.75, 3.05) is 26.7 Å². The highest BCUT2D eigenvalue weighted by molar-refractivity contribution is 5.80. The molecule has 1 saturated heterocycles. The van der Waals surface area contributed by atoms with Crippen molar-refractivity contribution in [3.63, 3.8) is 0 Å². The van der Waals surface area contributed by atoms with E-state index >= 15 is 0 Å². The summed E-state index contributed by atoms with van der Waals surface area (Å²) in [4.78, 5) is 7.03. The van der Waals surface area contributed by atoms with Gasteiger partial charge in [0.05, 0.1) is 0 Å². The van der Waals surface area contributed by atoms with Gasteiger partial charge in [-0.05, 0) is 43.4 Å². The first kappa shape index (κ1) is 14.2. The molecule has 0 atom stereocenters. The minimum absolute atomic E-state index is 0.629. The molecular formula is C17H31N3. The average molecular weight is 277 g/mol. The number of rotatable bonds is 4. The fourth-order valence-corrected chi connectivity index (χ4v) is 4.16. The summed E-state index contributed by atoms with van der Waals surface area (Å²) in [5.74, 6) is 2.21. The van der Waals surface area contributed by atoms with Crippen LogP contribution in [0.15, 0.2) is 4.99 Å². The second-order valence-corrected chi connectivity index (χ2v) is 7.29. The van der Waals surface area contributed by atoms with Gasteiger partial charge in [0.1, 0.15) is 0 Å². The molecule has 114 valence electrons. The molecule has 3 aliphatic rings. The lowest BCUT2D eigenvalue weighted by atomic mass is 9.73. The second-order valence-electron chi connectivity index (χ2n) is 7.29. The van der Waals surface area contributed by atoms with Crippen molar-refractivity contribution in [1.29, 1.82) is 0 Å². The zero-order valence-electron chi connectivity index (χ0n) is 13.2. The zero-order chi connectivity index (χ0) is 13.8. The molecule has 2 saturated carbocycles. The third-order valence-corrected chi connectivity index (χ3v) is 5.63. The van der Waals surface area contributed by atoms with E-state index in [2.05, 4.69) is 15.2 Å². The molecule has 0 radical (unpaired) electrons. The van der Waals surface area contributed by atoms with Crippen LogP contribution in [-0.4, -0.2) is 37.5 Å². The summed E-state index contributed by atoms with van der Waals surface area (Å²) in [6.07, 6.45) is 14.3. The summed E-state index contributed by atoms with van der Waals surface area (Å²) < 4.78 is 0. The Hall–Kier alpha value is -0.730. The van der Waals surface area contributed by atoms with E-state index < -0.39 is 0 Å². The minimum Gasteiger partial charge on any atom is -0.356 e. The summed E-state index contributed by atoms with van der Waals surface area (Å²) >= 11 is 0. The van der Waals surface area contributed by atoms with Crippen molar-refractivity contribution in [3.05, 3.63) is 0 Å². The highest BCUT2D eigenvalue weighted by Gasteiger charge is 2.39. The van der Waals surface area contributed by atoms with E-state index in [1.54, 1.807) is 0 Å². The first-order valence-electron chi connectivity index (χ1n) is 8.77. The van der Waals surface area contributed by atoms with Crippen LogP contribution < -0.4 is 5.32 Å². The second kappa shape index (κ2) is 6.36. The lowest BCUT2D eigenvalue weighted by molar-refractivity contribution is 0.203. The quantitative estimate of drug-likeness (QED) is 0.484. The van der Waals surface area contributed by atoms with E-state index in [0.717, 1.165) is 18.4 Å². The largest absolute Gasteiger partial charge is 0.356 e. The summed E-state index contributed by atoms with van der Waals surface area (Å²) in [6.45, 7) is 3.56. The molecule has 3 fully saturated rings. The smallest absolute Gasteiger partial charge is 0.193 e. The molecule has 1 spiro atoms. The number of hydrogen-bond acceptors (Lipinski definition) is 1. The van der Waals surface area contributed by atoms with E-state index in [0.29, 0.717) is 5.41 Å². The van der Waals surface area contributed by atoms with Gasteiger partial charge >= 0.3 is 0 Å². The predicted molar refractivity (Wildman–Crippen MR) is 85.0 cm³/mol. The summed E-state index contributed by atoms with van der Waals surface area (Å²) in [5.41, 5.74) is 0.629. The lowest BCUT2D eigenvalue weighted by Gasteiger charge is -2.33. The molecule has 1 aliphatic heterocycles. The number of likely N-dealkylation sites (tertiary alicyclic amines) is 1. The van der Waals surface area contributed by atoms with Gasteiger partial charge < -0.3 is 10.2 Å². The SMILES string of the molecule is CN=C(NCCCC1CC1)N1CCC2(CCCCC2)C1. The normalized spacial score (nSPS) is 26.2. The molecule has 1 N–H and O–H groups in total. The molecule has 3 heteroatoms. The molecule has 3 nitrogen and oxygen atoms in total. The first-order valence-corrected chi connectivity index (χ1v) is 8.77. The number of guanidine groups is 1. The van der Waals surface area contributed by atoms with Gasteiger partial charge in [-0.25, -0.2) is 0 Å². The maximum absolute atomic E-state index is 4.51. The summed E-state index contributed by atoms with van der Waals surface area (Å²) in [7, 11) is 1.94. The molecule has 0 aromatic heterocycles. The van der Waals surface area contributed by atoms with E-state index in [-0.39, 0.29) is 0 Å². The molecule has 2 aliphatic carbocycles. The topological polar surface area (TPSA) is 27.6 Å². The van der Waals surface area contributed by atoms with E-state index in [1.807, 2.05) is 7.05 Å². The van der Waals surface area contributed by atoms with E-state index in [9.17, 15) is 0 Å². The van der Waals surface area contributed by atoms with Gasteiger partial charge in [0.15, 0.2) is 5.96 Å². The Morgan fingerprint density at radius 3 is 2.70 bits per heavy atom. The van der Waals surface area contributed by atoms with Crippen molar-refractivity contribution in [2.45, 2.75) is 64.2 Å². The van der Waals surface area contributed by atoms with Gasteiger partial charge in [-0.3, -0.25) is 4.99 Å². The van der Waals surface area contributed by atoms with Crippen LogP contribution in [0.4, 0.5) is 0 Å². The van der Waals surface area contributed by atoms with Gasteiger partial charge in [0.25, 0.3) is 0 Å².